The van der Waals surface area contributed by atoms with Crippen LogP contribution in [0.2, 0.25) is 0 Å². The third kappa shape index (κ3) is 3.59. The van der Waals surface area contributed by atoms with E-state index in [1.807, 2.05) is 7.05 Å². The maximum absolute atomic E-state index is 12.1. The summed E-state index contributed by atoms with van der Waals surface area (Å²) in [5.41, 5.74) is 0. The van der Waals surface area contributed by atoms with Crippen molar-refractivity contribution in [1.82, 2.24) is 20.0 Å². The molecule has 2 aliphatic rings. The predicted octanol–water partition coefficient (Wildman–Crippen LogP) is -0.188. The van der Waals surface area contributed by atoms with Crippen molar-refractivity contribution in [3.63, 3.8) is 0 Å². The number of likely N-dealkylation sites (N-methyl/N-ethyl adjacent to an activating group) is 2. The quantitative estimate of drug-likeness (QED) is 0.769. The van der Waals surface area contributed by atoms with E-state index in [0.717, 1.165) is 19.6 Å². The molecule has 19 heavy (non-hydrogen) atoms. The first kappa shape index (κ1) is 14.1. The van der Waals surface area contributed by atoms with E-state index in [1.54, 1.807) is 21.7 Å². The van der Waals surface area contributed by atoms with Crippen molar-refractivity contribution in [2.24, 2.45) is 5.92 Å². The van der Waals surface area contributed by atoms with Gasteiger partial charge in [-0.05, 0) is 31.8 Å². The normalized spacial score (nSPS) is 23.9. The molecular weight excluding hydrogens is 244 g/mol. The second-order valence-corrected chi connectivity index (χ2v) is 5.61. The van der Waals surface area contributed by atoms with Crippen LogP contribution in [0.3, 0.4) is 0 Å². The minimum absolute atomic E-state index is 0.0363. The largest absolute Gasteiger partial charge is 0.344 e. The van der Waals surface area contributed by atoms with E-state index in [4.69, 9.17) is 0 Å². The molecule has 0 aromatic carbocycles. The lowest BCUT2D eigenvalue weighted by Crippen LogP contribution is -2.44. The Morgan fingerprint density at radius 2 is 2.26 bits per heavy atom. The van der Waals surface area contributed by atoms with Crippen molar-refractivity contribution in [2.75, 3.05) is 53.4 Å². The van der Waals surface area contributed by atoms with Gasteiger partial charge in [-0.15, -0.1) is 0 Å². The van der Waals surface area contributed by atoms with Crippen molar-refractivity contribution in [1.29, 1.82) is 0 Å². The van der Waals surface area contributed by atoms with Crippen molar-refractivity contribution < 1.29 is 9.59 Å². The van der Waals surface area contributed by atoms with Gasteiger partial charge in [-0.25, -0.2) is 4.79 Å². The summed E-state index contributed by atoms with van der Waals surface area (Å²) in [5.74, 6) is 0.578. The number of rotatable bonds is 4. The van der Waals surface area contributed by atoms with E-state index in [-0.39, 0.29) is 18.5 Å². The van der Waals surface area contributed by atoms with Crippen LogP contribution in [0.1, 0.15) is 12.8 Å². The van der Waals surface area contributed by atoms with Crippen LogP contribution in [-0.4, -0.2) is 80.0 Å². The van der Waals surface area contributed by atoms with Crippen molar-refractivity contribution in [3.05, 3.63) is 0 Å². The van der Waals surface area contributed by atoms with Gasteiger partial charge in [0, 0.05) is 33.7 Å². The van der Waals surface area contributed by atoms with Crippen LogP contribution in [0, 0.1) is 5.92 Å². The molecule has 108 valence electrons. The van der Waals surface area contributed by atoms with Gasteiger partial charge in [0.1, 0.15) is 6.54 Å². The van der Waals surface area contributed by atoms with Crippen molar-refractivity contribution in [3.8, 4) is 0 Å². The van der Waals surface area contributed by atoms with E-state index in [2.05, 4.69) is 5.32 Å². The van der Waals surface area contributed by atoms with E-state index >= 15 is 0 Å². The number of hydrogen-bond acceptors (Lipinski definition) is 3. The van der Waals surface area contributed by atoms with Gasteiger partial charge in [0.15, 0.2) is 0 Å². The third-order valence-corrected chi connectivity index (χ3v) is 3.99. The van der Waals surface area contributed by atoms with Gasteiger partial charge in [-0.2, -0.15) is 0 Å². The minimum Gasteiger partial charge on any atom is -0.344 e. The Labute approximate surface area is 114 Å². The fourth-order valence-corrected chi connectivity index (χ4v) is 2.70. The Morgan fingerprint density at radius 3 is 2.84 bits per heavy atom. The number of urea groups is 1. The molecule has 1 atom stereocenters. The smallest absolute Gasteiger partial charge is 0.320 e. The molecule has 3 amide bonds. The summed E-state index contributed by atoms with van der Waals surface area (Å²) in [6, 6.07) is -0.0407. The molecule has 2 aliphatic heterocycles. The topological polar surface area (TPSA) is 55.9 Å². The first-order valence-corrected chi connectivity index (χ1v) is 7.02. The zero-order valence-corrected chi connectivity index (χ0v) is 11.9. The second kappa shape index (κ2) is 6.23. The Morgan fingerprint density at radius 1 is 1.47 bits per heavy atom. The molecular formula is C13H24N4O2. The van der Waals surface area contributed by atoms with Crippen LogP contribution in [0.25, 0.3) is 0 Å². The average molecular weight is 268 g/mol. The van der Waals surface area contributed by atoms with E-state index in [1.165, 1.54) is 12.8 Å². The molecule has 0 bridgehead atoms. The van der Waals surface area contributed by atoms with Crippen molar-refractivity contribution in [2.45, 2.75) is 12.8 Å². The van der Waals surface area contributed by atoms with Crippen LogP contribution < -0.4 is 5.32 Å². The summed E-state index contributed by atoms with van der Waals surface area (Å²) in [7, 11) is 3.60. The number of carbonyl (C=O) groups excluding carboxylic acids is 2. The molecule has 0 spiro atoms. The molecule has 0 radical (unpaired) electrons. The van der Waals surface area contributed by atoms with Gasteiger partial charge in [0.2, 0.25) is 5.91 Å². The molecule has 2 rings (SSSR count). The minimum atomic E-state index is -0.0407. The number of piperidine rings is 1. The average Bonchev–Trinajstić information content (AvgIpc) is 2.72. The maximum Gasteiger partial charge on any atom is 0.320 e. The molecule has 0 aliphatic carbocycles. The highest BCUT2D eigenvalue weighted by atomic mass is 16.2. The van der Waals surface area contributed by atoms with Crippen molar-refractivity contribution >= 4 is 11.9 Å². The highest BCUT2D eigenvalue weighted by Gasteiger charge is 2.28. The zero-order valence-electron chi connectivity index (χ0n) is 11.9. The number of carbonyl (C=O) groups is 2. The predicted molar refractivity (Wildman–Crippen MR) is 72.8 cm³/mol. The Bertz CT molecular complexity index is 342. The summed E-state index contributed by atoms with van der Waals surface area (Å²) in [4.78, 5) is 28.9. The summed E-state index contributed by atoms with van der Waals surface area (Å²) >= 11 is 0. The summed E-state index contributed by atoms with van der Waals surface area (Å²) in [5, 5.41) is 3.36. The molecule has 1 N–H and O–H groups in total. The highest BCUT2D eigenvalue weighted by molar-refractivity contribution is 5.84. The van der Waals surface area contributed by atoms with Gasteiger partial charge >= 0.3 is 6.03 Å². The van der Waals surface area contributed by atoms with Crippen LogP contribution in [-0.2, 0) is 4.79 Å². The number of nitrogens with one attached hydrogen (secondary N) is 1. The Kier molecular flexibility index (Phi) is 4.63. The first-order chi connectivity index (χ1) is 9.08. The van der Waals surface area contributed by atoms with Crippen LogP contribution in [0.15, 0.2) is 0 Å². The van der Waals surface area contributed by atoms with Crippen LogP contribution >= 0.6 is 0 Å². The van der Waals surface area contributed by atoms with Crippen LogP contribution in [0.4, 0.5) is 4.79 Å². The summed E-state index contributed by atoms with van der Waals surface area (Å²) in [6.07, 6.45) is 2.36. The molecule has 2 heterocycles. The van der Waals surface area contributed by atoms with E-state index in [0.29, 0.717) is 19.0 Å². The Hall–Kier alpha value is -1.30. The second-order valence-electron chi connectivity index (χ2n) is 5.61. The molecule has 2 fully saturated rings. The lowest BCUT2D eigenvalue weighted by atomic mass is 9.99. The van der Waals surface area contributed by atoms with Gasteiger partial charge in [0.05, 0.1) is 0 Å². The zero-order chi connectivity index (χ0) is 13.8. The monoisotopic (exact) mass is 268 g/mol. The molecule has 6 heteroatoms. The molecule has 1 unspecified atom stereocenters. The van der Waals surface area contributed by atoms with Gasteiger partial charge in [0.25, 0.3) is 0 Å². The highest BCUT2D eigenvalue weighted by Crippen LogP contribution is 2.12. The van der Waals surface area contributed by atoms with Crippen LogP contribution in [0.5, 0.6) is 0 Å². The molecule has 6 nitrogen and oxygen atoms in total. The maximum atomic E-state index is 12.1. The number of nitrogens with zero attached hydrogens (tertiary/aromatic N) is 3. The Balaban J connectivity index is 1.77. The molecule has 2 saturated heterocycles. The number of amides is 3. The van der Waals surface area contributed by atoms with E-state index < -0.39 is 0 Å². The fourth-order valence-electron chi connectivity index (χ4n) is 2.70. The lowest BCUT2D eigenvalue weighted by molar-refractivity contribution is -0.131. The lowest BCUT2D eigenvalue weighted by Gasteiger charge is -2.28. The fraction of sp³-hybridized carbons (Fsp3) is 0.846. The summed E-state index contributed by atoms with van der Waals surface area (Å²) in [6.45, 7) is 4.43. The molecule has 0 aromatic heterocycles. The van der Waals surface area contributed by atoms with Gasteiger partial charge in [-0.3, -0.25) is 4.79 Å². The molecule has 0 saturated carbocycles. The number of hydrogen-bond donors (Lipinski definition) is 1. The first-order valence-electron chi connectivity index (χ1n) is 7.02. The molecule has 0 aromatic rings. The van der Waals surface area contributed by atoms with E-state index in [9.17, 15) is 9.59 Å². The van der Waals surface area contributed by atoms with Gasteiger partial charge < -0.3 is 20.0 Å². The standard InChI is InChI=1S/C13H24N4O2/c1-15-6-7-17(13(15)19)10-12(18)16(2)9-11-4-3-5-14-8-11/h11,14H,3-10H2,1-2H3. The summed E-state index contributed by atoms with van der Waals surface area (Å²) < 4.78 is 0. The SMILES string of the molecule is CN(CC1CCCNC1)C(=O)CN1CCN(C)C1=O. The third-order valence-electron chi connectivity index (χ3n) is 3.99. The van der Waals surface area contributed by atoms with Gasteiger partial charge in [-0.1, -0.05) is 0 Å².